The van der Waals surface area contributed by atoms with E-state index in [4.69, 9.17) is 5.73 Å². The van der Waals surface area contributed by atoms with Crippen LogP contribution in [0.15, 0.2) is 53.5 Å². The Morgan fingerprint density at radius 3 is 2.54 bits per heavy atom. The van der Waals surface area contributed by atoms with Crippen LogP contribution in [0.2, 0.25) is 0 Å². The van der Waals surface area contributed by atoms with Crippen molar-refractivity contribution in [2.24, 2.45) is 5.73 Å². The third-order valence-corrected chi connectivity index (χ3v) is 3.79. The number of rotatable bonds is 6. The summed E-state index contributed by atoms with van der Waals surface area (Å²) in [6.45, 7) is -0.307. The first-order valence-corrected chi connectivity index (χ1v) is 7.84. The van der Waals surface area contributed by atoms with Gasteiger partial charge in [0, 0.05) is 24.8 Å². The SMILES string of the molecule is NC(=O)CCN(C(=O)Cn1nc2ccccn2c1=O)c1ccc(F)cc1. The molecule has 0 fully saturated rings. The molecule has 2 heterocycles. The summed E-state index contributed by atoms with van der Waals surface area (Å²) in [5, 5.41) is 4.11. The van der Waals surface area contributed by atoms with Crippen LogP contribution in [0.25, 0.3) is 5.65 Å². The lowest BCUT2D eigenvalue weighted by Gasteiger charge is -2.22. The Bertz CT molecular complexity index is 1010. The molecule has 0 aliphatic carbocycles. The Morgan fingerprint density at radius 1 is 1.15 bits per heavy atom. The van der Waals surface area contributed by atoms with E-state index >= 15 is 0 Å². The van der Waals surface area contributed by atoms with Gasteiger partial charge in [-0.3, -0.25) is 14.0 Å². The number of halogens is 1. The van der Waals surface area contributed by atoms with Crippen LogP contribution in [0.1, 0.15) is 6.42 Å². The maximum atomic E-state index is 13.1. The monoisotopic (exact) mass is 357 g/mol. The van der Waals surface area contributed by atoms with E-state index in [9.17, 15) is 18.8 Å². The van der Waals surface area contributed by atoms with Gasteiger partial charge >= 0.3 is 5.69 Å². The zero-order valence-electron chi connectivity index (χ0n) is 13.7. The number of hydrogen-bond acceptors (Lipinski definition) is 4. The van der Waals surface area contributed by atoms with Gasteiger partial charge in [-0.1, -0.05) is 6.07 Å². The molecule has 0 aliphatic rings. The predicted octanol–water partition coefficient (Wildman–Crippen LogP) is 0.544. The molecule has 2 aromatic heterocycles. The highest BCUT2D eigenvalue weighted by molar-refractivity contribution is 5.93. The highest BCUT2D eigenvalue weighted by Crippen LogP contribution is 2.16. The number of aromatic nitrogens is 3. The van der Waals surface area contributed by atoms with E-state index in [0.29, 0.717) is 11.3 Å². The highest BCUT2D eigenvalue weighted by Gasteiger charge is 2.19. The van der Waals surface area contributed by atoms with Gasteiger partial charge in [0.2, 0.25) is 11.8 Å². The minimum absolute atomic E-state index is 0.0158. The van der Waals surface area contributed by atoms with E-state index in [1.165, 1.54) is 33.6 Å². The van der Waals surface area contributed by atoms with Crippen LogP contribution in [-0.2, 0) is 16.1 Å². The molecule has 0 saturated carbocycles. The first-order chi connectivity index (χ1) is 12.5. The molecular weight excluding hydrogens is 341 g/mol. The van der Waals surface area contributed by atoms with Crippen molar-refractivity contribution in [3.63, 3.8) is 0 Å². The van der Waals surface area contributed by atoms with Crippen LogP contribution in [0.5, 0.6) is 0 Å². The average molecular weight is 357 g/mol. The van der Waals surface area contributed by atoms with Gasteiger partial charge < -0.3 is 10.6 Å². The molecule has 0 atom stereocenters. The number of anilines is 1. The smallest absolute Gasteiger partial charge is 0.350 e. The molecule has 2 amide bonds. The molecule has 0 aliphatic heterocycles. The van der Waals surface area contributed by atoms with Crippen molar-refractivity contribution in [3.8, 4) is 0 Å². The van der Waals surface area contributed by atoms with E-state index in [0.717, 1.165) is 4.68 Å². The first-order valence-electron chi connectivity index (χ1n) is 7.84. The lowest BCUT2D eigenvalue weighted by atomic mass is 10.2. The molecule has 0 bridgehead atoms. The lowest BCUT2D eigenvalue weighted by Crippen LogP contribution is -2.38. The van der Waals surface area contributed by atoms with Crippen LogP contribution in [-0.4, -0.2) is 32.5 Å². The normalized spacial score (nSPS) is 10.8. The van der Waals surface area contributed by atoms with E-state index in [2.05, 4.69) is 5.10 Å². The number of nitrogens with two attached hydrogens (primary N) is 1. The summed E-state index contributed by atoms with van der Waals surface area (Å²) in [6.07, 6.45) is 1.49. The van der Waals surface area contributed by atoms with E-state index in [1.54, 1.807) is 24.4 Å². The van der Waals surface area contributed by atoms with Crippen LogP contribution >= 0.6 is 0 Å². The molecule has 2 N–H and O–H groups in total. The largest absolute Gasteiger partial charge is 0.370 e. The van der Waals surface area contributed by atoms with Crippen LogP contribution < -0.4 is 16.3 Å². The fraction of sp³-hybridized carbons (Fsp3) is 0.176. The standard InChI is InChI=1S/C17H16FN5O3/c18-12-4-6-13(7-5-12)21(10-8-14(19)24)16(25)11-23-17(26)22-9-2-1-3-15(22)20-23/h1-7,9H,8,10-11H2,(H2,19,24). The molecule has 8 nitrogen and oxygen atoms in total. The second-order valence-electron chi connectivity index (χ2n) is 5.61. The molecule has 134 valence electrons. The Kier molecular flexibility index (Phi) is 4.78. The molecule has 0 saturated heterocycles. The van der Waals surface area contributed by atoms with Gasteiger partial charge in [-0.25, -0.2) is 13.9 Å². The molecule has 0 unspecified atom stereocenters. The van der Waals surface area contributed by atoms with Crippen molar-refractivity contribution in [1.82, 2.24) is 14.2 Å². The van der Waals surface area contributed by atoms with Gasteiger partial charge in [-0.2, -0.15) is 0 Å². The third kappa shape index (κ3) is 3.61. The number of carbonyl (C=O) groups is 2. The van der Waals surface area contributed by atoms with Gasteiger partial charge in [0.05, 0.1) is 0 Å². The molecule has 3 aromatic rings. The Labute approximate surface area is 147 Å². The van der Waals surface area contributed by atoms with Crippen molar-refractivity contribution in [3.05, 3.63) is 65.0 Å². The summed E-state index contributed by atoms with van der Waals surface area (Å²) in [6, 6.07) is 10.3. The van der Waals surface area contributed by atoms with Crippen molar-refractivity contribution >= 4 is 23.1 Å². The Morgan fingerprint density at radius 2 is 1.88 bits per heavy atom. The van der Waals surface area contributed by atoms with Gasteiger partial charge in [-0.05, 0) is 36.4 Å². The van der Waals surface area contributed by atoms with Crippen molar-refractivity contribution in [2.75, 3.05) is 11.4 Å². The van der Waals surface area contributed by atoms with Crippen molar-refractivity contribution in [1.29, 1.82) is 0 Å². The van der Waals surface area contributed by atoms with Crippen molar-refractivity contribution < 1.29 is 14.0 Å². The second kappa shape index (κ2) is 7.18. The fourth-order valence-electron chi connectivity index (χ4n) is 2.53. The molecule has 0 spiro atoms. The summed E-state index contributed by atoms with van der Waals surface area (Å²) in [5.74, 6) is -1.49. The number of nitrogens with zero attached hydrogens (tertiary/aromatic N) is 4. The second-order valence-corrected chi connectivity index (χ2v) is 5.61. The zero-order valence-corrected chi connectivity index (χ0v) is 13.7. The molecule has 0 radical (unpaired) electrons. The maximum absolute atomic E-state index is 13.1. The minimum Gasteiger partial charge on any atom is -0.370 e. The molecule has 3 rings (SSSR count). The van der Waals surface area contributed by atoms with Crippen molar-refractivity contribution in [2.45, 2.75) is 13.0 Å². The molecular formula is C17H16FN5O3. The van der Waals surface area contributed by atoms with Gasteiger partial charge in [0.1, 0.15) is 12.4 Å². The van der Waals surface area contributed by atoms with Crippen LogP contribution in [0.3, 0.4) is 0 Å². The summed E-state index contributed by atoms with van der Waals surface area (Å²) < 4.78 is 15.5. The third-order valence-electron chi connectivity index (χ3n) is 3.79. The lowest BCUT2D eigenvalue weighted by molar-refractivity contribution is -0.119. The number of primary amides is 1. The fourth-order valence-corrected chi connectivity index (χ4v) is 2.53. The number of pyridine rings is 1. The van der Waals surface area contributed by atoms with Crippen LogP contribution in [0, 0.1) is 5.82 Å². The Hall–Kier alpha value is -3.49. The number of fused-ring (bicyclic) bond motifs is 1. The molecule has 1 aromatic carbocycles. The molecule has 26 heavy (non-hydrogen) atoms. The van der Waals surface area contributed by atoms with Gasteiger partial charge in [0.25, 0.3) is 0 Å². The topological polar surface area (TPSA) is 103 Å². The summed E-state index contributed by atoms with van der Waals surface area (Å²) in [7, 11) is 0. The average Bonchev–Trinajstić information content (AvgIpc) is 2.92. The summed E-state index contributed by atoms with van der Waals surface area (Å²) in [4.78, 5) is 37.4. The number of hydrogen-bond donors (Lipinski definition) is 1. The Balaban J connectivity index is 1.88. The first kappa shape index (κ1) is 17.3. The highest BCUT2D eigenvalue weighted by atomic mass is 19.1. The molecule has 9 heteroatoms. The van der Waals surface area contributed by atoms with E-state index in [1.807, 2.05) is 0 Å². The summed E-state index contributed by atoms with van der Waals surface area (Å²) >= 11 is 0. The number of carbonyl (C=O) groups excluding carboxylic acids is 2. The predicted molar refractivity (Wildman–Crippen MR) is 92.0 cm³/mol. The van der Waals surface area contributed by atoms with Gasteiger partial charge in [0.15, 0.2) is 5.65 Å². The quantitative estimate of drug-likeness (QED) is 0.695. The van der Waals surface area contributed by atoms with E-state index in [-0.39, 0.29) is 19.5 Å². The van der Waals surface area contributed by atoms with Gasteiger partial charge in [-0.15, -0.1) is 5.10 Å². The number of amides is 2. The zero-order chi connectivity index (χ0) is 18.7. The van der Waals surface area contributed by atoms with E-state index < -0.39 is 23.3 Å². The van der Waals surface area contributed by atoms with Crippen LogP contribution in [0.4, 0.5) is 10.1 Å². The maximum Gasteiger partial charge on any atom is 0.350 e. The minimum atomic E-state index is -0.574. The summed E-state index contributed by atoms with van der Waals surface area (Å²) in [5.41, 5.74) is 5.52. The number of benzene rings is 1.